The van der Waals surface area contributed by atoms with Gasteiger partial charge in [0.25, 0.3) is 0 Å². The van der Waals surface area contributed by atoms with Crippen molar-refractivity contribution in [1.82, 2.24) is 20.1 Å². The topological polar surface area (TPSA) is 42.7 Å². The van der Waals surface area contributed by atoms with E-state index in [1.165, 1.54) is 15.1 Å². The minimum absolute atomic E-state index is 0. The van der Waals surface area contributed by atoms with Crippen LogP contribution in [-0.4, -0.2) is 14.8 Å². The van der Waals surface area contributed by atoms with Gasteiger partial charge in [0.15, 0.2) is 0 Å². The van der Waals surface area contributed by atoms with Crippen LogP contribution in [0.15, 0.2) is 15.9 Å². The van der Waals surface area contributed by atoms with E-state index in [0.717, 1.165) is 37.7 Å². The lowest BCUT2D eigenvalue weighted by Crippen LogP contribution is -2.15. The molecule has 0 spiro atoms. The zero-order chi connectivity index (χ0) is 11.7. The largest absolute Gasteiger partial charge is 0.314 e. The molecule has 3 heterocycles. The van der Waals surface area contributed by atoms with Crippen LogP contribution >= 0.6 is 39.7 Å². The van der Waals surface area contributed by atoms with E-state index in [1.807, 2.05) is 0 Å². The third-order valence-electron chi connectivity index (χ3n) is 2.90. The van der Waals surface area contributed by atoms with Crippen molar-refractivity contribution >= 4 is 39.7 Å². The first-order valence-corrected chi connectivity index (χ1v) is 7.30. The molecule has 0 aromatic carbocycles. The van der Waals surface area contributed by atoms with Crippen molar-refractivity contribution in [2.24, 2.45) is 0 Å². The lowest BCUT2D eigenvalue weighted by atomic mass is 10.4. The Morgan fingerprint density at radius 1 is 1.33 bits per heavy atom. The van der Waals surface area contributed by atoms with Gasteiger partial charge in [-0.05, 0) is 34.5 Å². The zero-order valence-electron chi connectivity index (χ0n) is 9.73. The van der Waals surface area contributed by atoms with Gasteiger partial charge in [0.2, 0.25) is 0 Å². The Balaban J connectivity index is 0.00000120. The van der Waals surface area contributed by atoms with Crippen molar-refractivity contribution in [2.75, 3.05) is 0 Å². The molecule has 0 saturated carbocycles. The molecule has 0 amide bonds. The zero-order valence-corrected chi connectivity index (χ0v) is 12.9. The summed E-state index contributed by atoms with van der Waals surface area (Å²) in [5.41, 5.74) is 0. The Morgan fingerprint density at radius 3 is 3.00 bits per heavy atom. The predicted molar refractivity (Wildman–Crippen MR) is 78.2 cm³/mol. The fraction of sp³-hybridized carbons (Fsp3) is 0.455. The lowest BCUT2D eigenvalue weighted by Gasteiger charge is -2.03. The molecule has 0 saturated heterocycles. The normalized spacial score (nSPS) is 13.4. The van der Waals surface area contributed by atoms with Gasteiger partial charge in [-0.3, -0.25) is 0 Å². The van der Waals surface area contributed by atoms with E-state index in [-0.39, 0.29) is 12.4 Å². The minimum Gasteiger partial charge on any atom is -0.314 e. The quantitative estimate of drug-likeness (QED) is 0.923. The van der Waals surface area contributed by atoms with Crippen LogP contribution in [0, 0.1) is 0 Å². The van der Waals surface area contributed by atoms with Gasteiger partial charge in [0, 0.05) is 24.4 Å². The smallest absolute Gasteiger partial charge is 0.147 e. The molecule has 0 radical (unpaired) electrons. The van der Waals surface area contributed by atoms with Gasteiger partial charge in [-0.25, -0.2) is 0 Å². The molecule has 1 N–H and O–H groups in total. The van der Waals surface area contributed by atoms with Crippen LogP contribution in [-0.2, 0) is 26.1 Å². The average molecular weight is 350 g/mol. The second-order valence-electron chi connectivity index (χ2n) is 4.10. The SMILES string of the molecule is Brc1ccc(CNCc2nnc3n2CCC3)s1.Cl. The van der Waals surface area contributed by atoms with Gasteiger partial charge in [-0.1, -0.05) is 0 Å². The standard InChI is InChI=1S/C11H13BrN4S.ClH/c12-9-4-3-8(17-9)6-13-7-11-15-14-10-2-1-5-16(10)11;/h3-4,13H,1-2,5-7H2;1H. The lowest BCUT2D eigenvalue weighted by molar-refractivity contribution is 0.613. The van der Waals surface area contributed by atoms with Crippen LogP contribution in [0.25, 0.3) is 0 Å². The maximum absolute atomic E-state index is 4.22. The molecule has 1 aliphatic rings. The molecular weight excluding hydrogens is 336 g/mol. The van der Waals surface area contributed by atoms with E-state index in [4.69, 9.17) is 0 Å². The van der Waals surface area contributed by atoms with Crippen molar-refractivity contribution in [3.63, 3.8) is 0 Å². The number of hydrogen-bond donors (Lipinski definition) is 1. The molecule has 0 unspecified atom stereocenters. The predicted octanol–water partition coefficient (Wildman–Crippen LogP) is 2.76. The summed E-state index contributed by atoms with van der Waals surface area (Å²) >= 11 is 5.23. The van der Waals surface area contributed by atoms with Crippen molar-refractivity contribution in [2.45, 2.75) is 32.5 Å². The number of halogens is 2. The number of nitrogens with one attached hydrogen (secondary N) is 1. The summed E-state index contributed by atoms with van der Waals surface area (Å²) in [6, 6.07) is 4.21. The van der Waals surface area contributed by atoms with Gasteiger partial charge in [0.1, 0.15) is 11.6 Å². The van der Waals surface area contributed by atoms with Gasteiger partial charge < -0.3 is 9.88 Å². The Morgan fingerprint density at radius 2 is 2.22 bits per heavy atom. The molecule has 2 aromatic heterocycles. The highest BCUT2D eigenvalue weighted by Gasteiger charge is 2.16. The number of rotatable bonds is 4. The molecule has 4 nitrogen and oxygen atoms in total. The second-order valence-corrected chi connectivity index (χ2v) is 6.64. The van der Waals surface area contributed by atoms with Crippen molar-refractivity contribution in [1.29, 1.82) is 0 Å². The van der Waals surface area contributed by atoms with E-state index in [9.17, 15) is 0 Å². The number of hydrogen-bond acceptors (Lipinski definition) is 4. The number of aryl methyl sites for hydroxylation is 1. The maximum atomic E-state index is 4.22. The third kappa shape index (κ3) is 2.93. The summed E-state index contributed by atoms with van der Waals surface area (Å²) in [6.45, 7) is 2.75. The average Bonchev–Trinajstić information content (AvgIpc) is 2.97. The van der Waals surface area contributed by atoms with Crippen LogP contribution in [0.1, 0.15) is 22.9 Å². The second kappa shape index (κ2) is 6.14. The molecule has 0 bridgehead atoms. The highest BCUT2D eigenvalue weighted by molar-refractivity contribution is 9.11. The Labute approximate surface area is 124 Å². The van der Waals surface area contributed by atoms with Gasteiger partial charge >= 0.3 is 0 Å². The van der Waals surface area contributed by atoms with E-state index < -0.39 is 0 Å². The van der Waals surface area contributed by atoms with Gasteiger partial charge in [-0.15, -0.1) is 33.9 Å². The fourth-order valence-corrected chi connectivity index (χ4v) is 3.54. The number of nitrogens with zero attached hydrogens (tertiary/aromatic N) is 3. The van der Waals surface area contributed by atoms with E-state index in [0.29, 0.717) is 0 Å². The van der Waals surface area contributed by atoms with E-state index >= 15 is 0 Å². The van der Waals surface area contributed by atoms with Gasteiger partial charge in [0.05, 0.1) is 10.3 Å². The Kier molecular flexibility index (Phi) is 4.77. The Bertz CT molecular complexity index is 525. The molecule has 0 aliphatic carbocycles. The first kappa shape index (κ1) is 14.0. The summed E-state index contributed by atoms with van der Waals surface area (Å²) in [5.74, 6) is 2.20. The molecule has 7 heteroatoms. The summed E-state index contributed by atoms with van der Waals surface area (Å²) in [4.78, 5) is 1.33. The maximum Gasteiger partial charge on any atom is 0.147 e. The molecule has 18 heavy (non-hydrogen) atoms. The van der Waals surface area contributed by atoms with Crippen LogP contribution in [0.2, 0.25) is 0 Å². The first-order valence-electron chi connectivity index (χ1n) is 5.69. The summed E-state index contributed by atoms with van der Waals surface area (Å²) in [6.07, 6.45) is 2.28. The summed E-state index contributed by atoms with van der Waals surface area (Å²) in [7, 11) is 0. The van der Waals surface area contributed by atoms with Crippen LogP contribution in [0.5, 0.6) is 0 Å². The highest BCUT2D eigenvalue weighted by Crippen LogP contribution is 2.21. The van der Waals surface area contributed by atoms with Crippen LogP contribution < -0.4 is 5.32 Å². The summed E-state index contributed by atoms with van der Waals surface area (Å²) < 4.78 is 3.41. The Hall–Kier alpha value is -0.430. The summed E-state index contributed by atoms with van der Waals surface area (Å²) in [5, 5.41) is 11.8. The van der Waals surface area contributed by atoms with Crippen molar-refractivity contribution in [3.05, 3.63) is 32.4 Å². The van der Waals surface area contributed by atoms with Crippen molar-refractivity contribution < 1.29 is 0 Å². The number of aromatic nitrogens is 3. The van der Waals surface area contributed by atoms with Crippen molar-refractivity contribution in [3.8, 4) is 0 Å². The molecule has 3 rings (SSSR count). The number of thiophene rings is 1. The monoisotopic (exact) mass is 348 g/mol. The molecule has 0 fully saturated rings. The van der Waals surface area contributed by atoms with Crippen LogP contribution in [0.4, 0.5) is 0 Å². The first-order chi connectivity index (χ1) is 8.33. The third-order valence-corrected chi connectivity index (χ3v) is 4.52. The number of fused-ring (bicyclic) bond motifs is 1. The molecule has 1 aliphatic heterocycles. The molecule has 2 aromatic rings. The minimum atomic E-state index is 0. The van der Waals surface area contributed by atoms with E-state index in [2.05, 4.69) is 48.1 Å². The van der Waals surface area contributed by atoms with Gasteiger partial charge in [-0.2, -0.15) is 0 Å². The molecular formula is C11H14BrClN4S. The fourth-order valence-electron chi connectivity index (χ4n) is 2.09. The van der Waals surface area contributed by atoms with E-state index in [1.54, 1.807) is 11.3 Å². The highest BCUT2D eigenvalue weighted by atomic mass is 79.9. The van der Waals surface area contributed by atoms with Crippen LogP contribution in [0.3, 0.4) is 0 Å². The molecule has 98 valence electrons. The molecule has 0 atom stereocenters.